The highest BCUT2D eigenvalue weighted by Crippen LogP contribution is 2.08. The number of aliphatic hydroxyl groups is 1. The van der Waals surface area contributed by atoms with Crippen LogP contribution in [-0.4, -0.2) is 33.4 Å². The van der Waals surface area contributed by atoms with E-state index in [9.17, 15) is 0 Å². The van der Waals surface area contributed by atoms with Crippen LogP contribution in [0.15, 0.2) is 0 Å². The highest BCUT2D eigenvalue weighted by atomic mass is 16.3. The minimum absolute atomic E-state index is 0.253. The lowest BCUT2D eigenvalue weighted by Crippen LogP contribution is -2.11. The molecule has 0 spiro atoms. The normalized spacial score (nSPS) is 12.4. The van der Waals surface area contributed by atoms with Gasteiger partial charge in [-0.15, -0.1) is 5.10 Å². The van der Waals surface area contributed by atoms with Gasteiger partial charge in [0, 0.05) is 13.2 Å². The standard InChI is InChI=1S/C13H24N4O/c1-4-11-12(5-2)16-17-13(15-11)14-8-6-7-10(3)9-18/h10,18H,4-9H2,1-3H3,(H,14,15,17). The molecule has 0 aliphatic rings. The Kier molecular flexibility index (Phi) is 6.57. The molecule has 1 aromatic heterocycles. The van der Waals surface area contributed by atoms with Crippen molar-refractivity contribution in [2.24, 2.45) is 5.92 Å². The van der Waals surface area contributed by atoms with Crippen LogP contribution in [0.3, 0.4) is 0 Å². The van der Waals surface area contributed by atoms with Crippen molar-refractivity contribution >= 4 is 5.95 Å². The zero-order valence-corrected chi connectivity index (χ0v) is 11.6. The number of hydrogen-bond acceptors (Lipinski definition) is 5. The molecular formula is C13H24N4O. The average molecular weight is 252 g/mol. The quantitative estimate of drug-likeness (QED) is 0.691. The first-order valence-electron chi connectivity index (χ1n) is 6.78. The molecule has 102 valence electrons. The van der Waals surface area contributed by atoms with Gasteiger partial charge in [0.1, 0.15) is 0 Å². The maximum Gasteiger partial charge on any atom is 0.242 e. The van der Waals surface area contributed by atoms with Crippen molar-refractivity contribution < 1.29 is 5.11 Å². The molecule has 0 fully saturated rings. The van der Waals surface area contributed by atoms with Gasteiger partial charge in [-0.05, 0) is 31.6 Å². The lowest BCUT2D eigenvalue weighted by molar-refractivity contribution is 0.229. The Labute approximate surface area is 109 Å². The zero-order chi connectivity index (χ0) is 13.4. The van der Waals surface area contributed by atoms with Crippen molar-refractivity contribution in [3.63, 3.8) is 0 Å². The fourth-order valence-corrected chi connectivity index (χ4v) is 1.75. The van der Waals surface area contributed by atoms with Crippen molar-refractivity contribution in [1.82, 2.24) is 15.2 Å². The van der Waals surface area contributed by atoms with E-state index >= 15 is 0 Å². The lowest BCUT2D eigenvalue weighted by atomic mass is 10.1. The van der Waals surface area contributed by atoms with Crippen molar-refractivity contribution in [2.45, 2.75) is 46.5 Å². The molecule has 5 nitrogen and oxygen atoms in total. The van der Waals surface area contributed by atoms with E-state index in [0.717, 1.165) is 43.6 Å². The molecule has 1 atom stereocenters. The second-order valence-electron chi connectivity index (χ2n) is 4.59. The lowest BCUT2D eigenvalue weighted by Gasteiger charge is -2.09. The summed E-state index contributed by atoms with van der Waals surface area (Å²) in [5, 5.41) is 20.4. The molecule has 2 N–H and O–H groups in total. The Morgan fingerprint density at radius 2 is 1.89 bits per heavy atom. The van der Waals surface area contributed by atoms with E-state index < -0.39 is 0 Å². The molecule has 0 radical (unpaired) electrons. The molecule has 0 aliphatic carbocycles. The summed E-state index contributed by atoms with van der Waals surface area (Å²) in [6.07, 6.45) is 3.76. The van der Waals surface area contributed by atoms with E-state index in [4.69, 9.17) is 5.11 Å². The van der Waals surface area contributed by atoms with Crippen LogP contribution in [0.4, 0.5) is 5.95 Å². The van der Waals surface area contributed by atoms with Crippen LogP contribution >= 0.6 is 0 Å². The van der Waals surface area contributed by atoms with Gasteiger partial charge < -0.3 is 10.4 Å². The average Bonchev–Trinajstić information content (AvgIpc) is 2.42. The maximum absolute atomic E-state index is 8.92. The third-order valence-electron chi connectivity index (χ3n) is 2.98. The van der Waals surface area contributed by atoms with Crippen molar-refractivity contribution in [3.8, 4) is 0 Å². The summed E-state index contributed by atoms with van der Waals surface area (Å²) < 4.78 is 0. The van der Waals surface area contributed by atoms with Crippen LogP contribution in [0.2, 0.25) is 0 Å². The molecule has 0 aromatic carbocycles. The van der Waals surface area contributed by atoms with E-state index in [1.807, 2.05) is 6.92 Å². The summed E-state index contributed by atoms with van der Waals surface area (Å²) >= 11 is 0. The molecule has 1 rings (SSSR count). The van der Waals surface area contributed by atoms with Crippen LogP contribution in [0.5, 0.6) is 0 Å². The second-order valence-corrected chi connectivity index (χ2v) is 4.59. The van der Waals surface area contributed by atoms with Crippen molar-refractivity contribution in [2.75, 3.05) is 18.5 Å². The smallest absolute Gasteiger partial charge is 0.242 e. The Hall–Kier alpha value is -1.23. The summed E-state index contributed by atoms with van der Waals surface area (Å²) in [5.41, 5.74) is 2.01. The molecule has 0 bridgehead atoms. The van der Waals surface area contributed by atoms with Gasteiger partial charge in [0.2, 0.25) is 5.95 Å². The molecule has 1 unspecified atom stereocenters. The van der Waals surface area contributed by atoms with Crippen molar-refractivity contribution in [1.29, 1.82) is 0 Å². The van der Waals surface area contributed by atoms with E-state index in [1.165, 1.54) is 0 Å². The fourth-order valence-electron chi connectivity index (χ4n) is 1.75. The molecule has 0 saturated carbocycles. The van der Waals surface area contributed by atoms with E-state index in [0.29, 0.717) is 11.9 Å². The van der Waals surface area contributed by atoms with Gasteiger partial charge in [-0.25, -0.2) is 4.98 Å². The van der Waals surface area contributed by atoms with Crippen LogP contribution in [0.25, 0.3) is 0 Å². The molecule has 18 heavy (non-hydrogen) atoms. The Balaban J connectivity index is 2.43. The second kappa shape index (κ2) is 7.97. The minimum atomic E-state index is 0.253. The van der Waals surface area contributed by atoms with Crippen LogP contribution in [0, 0.1) is 5.92 Å². The number of anilines is 1. The first-order valence-corrected chi connectivity index (χ1v) is 6.78. The fraction of sp³-hybridized carbons (Fsp3) is 0.769. The summed E-state index contributed by atoms with van der Waals surface area (Å²) in [6, 6.07) is 0. The molecular weight excluding hydrogens is 228 g/mol. The monoisotopic (exact) mass is 252 g/mol. The van der Waals surface area contributed by atoms with Crippen LogP contribution < -0.4 is 5.32 Å². The van der Waals surface area contributed by atoms with Gasteiger partial charge in [0.25, 0.3) is 0 Å². The molecule has 0 aliphatic heterocycles. The first-order chi connectivity index (χ1) is 8.71. The van der Waals surface area contributed by atoms with Gasteiger partial charge in [-0.2, -0.15) is 5.10 Å². The third-order valence-corrected chi connectivity index (χ3v) is 2.98. The summed E-state index contributed by atoms with van der Waals surface area (Å²) in [4.78, 5) is 4.46. The predicted octanol–water partition coefficient (Wildman–Crippen LogP) is 1.82. The molecule has 5 heteroatoms. The topological polar surface area (TPSA) is 70.9 Å². The van der Waals surface area contributed by atoms with E-state index in [-0.39, 0.29) is 6.61 Å². The summed E-state index contributed by atoms with van der Waals surface area (Å²) in [5.74, 6) is 0.972. The SMILES string of the molecule is CCc1nnc(NCCCC(C)CO)nc1CC. The maximum atomic E-state index is 8.92. The van der Waals surface area contributed by atoms with Gasteiger partial charge in [-0.1, -0.05) is 20.8 Å². The van der Waals surface area contributed by atoms with Gasteiger partial charge >= 0.3 is 0 Å². The van der Waals surface area contributed by atoms with Crippen LogP contribution in [0.1, 0.15) is 45.0 Å². The number of hydrogen-bond donors (Lipinski definition) is 2. The number of nitrogens with zero attached hydrogens (tertiary/aromatic N) is 3. The summed E-state index contributed by atoms with van der Waals surface area (Å²) in [7, 11) is 0. The van der Waals surface area contributed by atoms with Gasteiger partial charge in [0.15, 0.2) is 0 Å². The minimum Gasteiger partial charge on any atom is -0.396 e. The van der Waals surface area contributed by atoms with Crippen LogP contribution in [-0.2, 0) is 12.8 Å². The number of aryl methyl sites for hydroxylation is 2. The third kappa shape index (κ3) is 4.56. The van der Waals surface area contributed by atoms with E-state index in [2.05, 4.69) is 34.3 Å². The molecule has 1 heterocycles. The van der Waals surface area contributed by atoms with Crippen molar-refractivity contribution in [3.05, 3.63) is 11.4 Å². The molecule has 1 aromatic rings. The van der Waals surface area contributed by atoms with Gasteiger partial charge in [0.05, 0.1) is 11.4 Å². The Morgan fingerprint density at radius 1 is 1.17 bits per heavy atom. The largest absolute Gasteiger partial charge is 0.396 e. The number of aromatic nitrogens is 3. The number of aliphatic hydroxyl groups excluding tert-OH is 1. The summed E-state index contributed by atoms with van der Waals surface area (Å²) in [6.45, 7) is 7.26. The van der Waals surface area contributed by atoms with Gasteiger partial charge in [-0.3, -0.25) is 0 Å². The number of rotatable bonds is 8. The Morgan fingerprint density at radius 3 is 2.50 bits per heavy atom. The molecule has 0 amide bonds. The predicted molar refractivity (Wildman–Crippen MR) is 72.6 cm³/mol. The Bertz CT molecular complexity index is 357. The highest BCUT2D eigenvalue weighted by Gasteiger charge is 2.05. The first kappa shape index (κ1) is 14.8. The zero-order valence-electron chi connectivity index (χ0n) is 11.6. The highest BCUT2D eigenvalue weighted by molar-refractivity contribution is 5.25. The van der Waals surface area contributed by atoms with E-state index in [1.54, 1.807) is 0 Å². The number of nitrogens with one attached hydrogen (secondary N) is 1. The molecule has 0 saturated heterocycles.